The molecule has 0 amide bonds. The summed E-state index contributed by atoms with van der Waals surface area (Å²) in [6, 6.07) is 9.24. The van der Waals surface area contributed by atoms with E-state index >= 15 is 0 Å². The zero-order chi connectivity index (χ0) is 17.9. The first-order valence-corrected chi connectivity index (χ1v) is 10.8. The van der Waals surface area contributed by atoms with E-state index in [9.17, 15) is 8.42 Å². The van der Waals surface area contributed by atoms with Crippen LogP contribution in [0.4, 0.5) is 0 Å². The Labute approximate surface area is 157 Å². The normalized spacial score (nSPS) is 17.5. The van der Waals surface area contributed by atoms with E-state index in [-0.39, 0.29) is 0 Å². The van der Waals surface area contributed by atoms with E-state index in [1.54, 1.807) is 22.7 Å². The van der Waals surface area contributed by atoms with E-state index in [4.69, 9.17) is 4.42 Å². The lowest BCUT2D eigenvalue weighted by atomic mass is 10.2. The highest BCUT2D eigenvalue weighted by molar-refractivity contribution is 9.10. The molecule has 0 spiro atoms. The number of aryl methyl sites for hydroxylation is 1. The third-order valence-corrected chi connectivity index (χ3v) is 7.02. The van der Waals surface area contributed by atoms with Gasteiger partial charge in [0.2, 0.25) is 10.0 Å². The molecular formula is C18H23BrN2O3S. The molecule has 1 aromatic heterocycles. The number of hydrogen-bond donors (Lipinski definition) is 0. The fourth-order valence-electron chi connectivity index (χ4n) is 3.18. The predicted octanol–water partition coefficient (Wildman–Crippen LogP) is 3.50. The highest BCUT2D eigenvalue weighted by atomic mass is 79.9. The number of hydrogen-bond acceptors (Lipinski definition) is 4. The molecule has 7 heteroatoms. The van der Waals surface area contributed by atoms with Crippen LogP contribution in [0.15, 0.2) is 50.4 Å². The molecule has 0 atom stereocenters. The molecule has 0 aliphatic carbocycles. The number of halogens is 1. The van der Waals surface area contributed by atoms with E-state index in [0.717, 1.165) is 35.3 Å². The van der Waals surface area contributed by atoms with Crippen molar-refractivity contribution in [2.24, 2.45) is 0 Å². The second kappa shape index (κ2) is 8.03. The third kappa shape index (κ3) is 4.34. The van der Waals surface area contributed by atoms with Gasteiger partial charge < -0.3 is 4.42 Å². The van der Waals surface area contributed by atoms with Crippen molar-refractivity contribution in [1.29, 1.82) is 0 Å². The molecular weight excluding hydrogens is 404 g/mol. The van der Waals surface area contributed by atoms with Crippen LogP contribution in [0.2, 0.25) is 0 Å². The molecule has 0 bridgehead atoms. The summed E-state index contributed by atoms with van der Waals surface area (Å²) in [6.45, 7) is 5.33. The Bertz CT molecular complexity index is 806. The van der Waals surface area contributed by atoms with Gasteiger partial charge >= 0.3 is 0 Å². The van der Waals surface area contributed by atoms with Crippen LogP contribution in [0.25, 0.3) is 0 Å². The topological polar surface area (TPSA) is 53.8 Å². The number of sulfonamides is 1. The van der Waals surface area contributed by atoms with Crippen molar-refractivity contribution in [3.05, 3.63) is 52.4 Å². The summed E-state index contributed by atoms with van der Waals surface area (Å²) < 4.78 is 34.2. The van der Waals surface area contributed by atoms with Crippen LogP contribution in [0, 0.1) is 0 Å². The van der Waals surface area contributed by atoms with Gasteiger partial charge in [-0.2, -0.15) is 4.31 Å². The van der Waals surface area contributed by atoms with Crippen LogP contribution in [0.1, 0.15) is 24.7 Å². The lowest BCUT2D eigenvalue weighted by Crippen LogP contribution is -2.35. The molecule has 0 unspecified atom stereocenters. The van der Waals surface area contributed by atoms with E-state index in [1.165, 1.54) is 0 Å². The fraction of sp³-hybridized carbons (Fsp3) is 0.444. The zero-order valence-electron chi connectivity index (χ0n) is 14.3. The van der Waals surface area contributed by atoms with Gasteiger partial charge in [-0.05, 0) is 55.3 Å². The Morgan fingerprint density at radius 3 is 2.72 bits per heavy atom. The lowest BCUT2D eigenvalue weighted by molar-refractivity contribution is 0.255. The van der Waals surface area contributed by atoms with Crippen LogP contribution in [-0.4, -0.2) is 43.8 Å². The Kier molecular flexibility index (Phi) is 5.99. The number of benzene rings is 1. The van der Waals surface area contributed by atoms with Crippen molar-refractivity contribution in [1.82, 2.24) is 9.21 Å². The van der Waals surface area contributed by atoms with Crippen LogP contribution in [0.3, 0.4) is 0 Å². The molecule has 0 radical (unpaired) electrons. The average Bonchev–Trinajstić information content (AvgIpc) is 2.98. The maximum Gasteiger partial charge on any atom is 0.243 e. The second-order valence-corrected chi connectivity index (χ2v) is 9.04. The molecule has 1 aliphatic heterocycles. The van der Waals surface area contributed by atoms with Gasteiger partial charge in [-0.25, -0.2) is 8.42 Å². The summed E-state index contributed by atoms with van der Waals surface area (Å²) >= 11 is 3.42. The van der Waals surface area contributed by atoms with Crippen LogP contribution in [0.5, 0.6) is 0 Å². The van der Waals surface area contributed by atoms with Crippen LogP contribution < -0.4 is 0 Å². The third-order valence-electron chi connectivity index (χ3n) is 4.53. The monoisotopic (exact) mass is 426 g/mol. The standard InChI is InChI=1S/C18H23BrN2O3S/c1-2-15-13-16(19)6-7-18(15)25(22,23)21-9-4-8-20(10-11-21)14-17-5-3-12-24-17/h3,5-7,12-13H,2,4,8-11,14H2,1H3. The quantitative estimate of drug-likeness (QED) is 0.733. The Morgan fingerprint density at radius 2 is 2.00 bits per heavy atom. The molecule has 3 rings (SSSR count). The van der Waals surface area contributed by atoms with E-state index in [0.29, 0.717) is 31.0 Å². The summed E-state index contributed by atoms with van der Waals surface area (Å²) in [5.74, 6) is 0.914. The van der Waals surface area contributed by atoms with Gasteiger partial charge in [0.25, 0.3) is 0 Å². The fourth-order valence-corrected chi connectivity index (χ4v) is 5.34. The van der Waals surface area contributed by atoms with Crippen molar-refractivity contribution >= 4 is 26.0 Å². The first-order valence-electron chi connectivity index (χ1n) is 8.54. The van der Waals surface area contributed by atoms with E-state index < -0.39 is 10.0 Å². The number of rotatable bonds is 5. The van der Waals surface area contributed by atoms with Gasteiger partial charge in [0, 0.05) is 24.1 Å². The second-order valence-electron chi connectivity index (χ2n) is 6.22. The lowest BCUT2D eigenvalue weighted by Gasteiger charge is -2.22. The molecule has 1 aromatic carbocycles. The van der Waals surface area contributed by atoms with E-state index in [1.807, 2.05) is 25.1 Å². The van der Waals surface area contributed by atoms with Crippen LogP contribution in [-0.2, 0) is 23.0 Å². The molecule has 25 heavy (non-hydrogen) atoms. The summed E-state index contributed by atoms with van der Waals surface area (Å²) in [4.78, 5) is 2.68. The minimum absolute atomic E-state index is 0.428. The van der Waals surface area contributed by atoms with E-state index in [2.05, 4.69) is 20.8 Å². The molecule has 5 nitrogen and oxygen atoms in total. The molecule has 1 saturated heterocycles. The van der Waals surface area contributed by atoms with Gasteiger partial charge in [0.05, 0.1) is 17.7 Å². The average molecular weight is 427 g/mol. The molecule has 0 saturated carbocycles. The predicted molar refractivity (Wildman–Crippen MR) is 101 cm³/mol. The maximum absolute atomic E-state index is 13.1. The van der Waals surface area contributed by atoms with Crippen molar-refractivity contribution in [3.63, 3.8) is 0 Å². The highest BCUT2D eigenvalue weighted by Gasteiger charge is 2.28. The van der Waals surface area contributed by atoms with Crippen molar-refractivity contribution in [3.8, 4) is 0 Å². The Hall–Kier alpha value is -1.15. The smallest absolute Gasteiger partial charge is 0.243 e. The molecule has 2 aromatic rings. The molecule has 0 N–H and O–H groups in total. The molecule has 1 fully saturated rings. The van der Waals surface area contributed by atoms with Crippen molar-refractivity contribution in [2.45, 2.75) is 31.2 Å². The molecule has 136 valence electrons. The number of furan rings is 1. The van der Waals surface area contributed by atoms with Gasteiger partial charge in [-0.1, -0.05) is 22.9 Å². The molecule has 1 aliphatic rings. The van der Waals surface area contributed by atoms with Crippen LogP contribution >= 0.6 is 15.9 Å². The van der Waals surface area contributed by atoms with Crippen molar-refractivity contribution in [2.75, 3.05) is 26.2 Å². The van der Waals surface area contributed by atoms with Crippen molar-refractivity contribution < 1.29 is 12.8 Å². The zero-order valence-corrected chi connectivity index (χ0v) is 16.7. The summed E-state index contributed by atoms with van der Waals surface area (Å²) in [7, 11) is -3.47. The van der Waals surface area contributed by atoms with Gasteiger partial charge in [0.15, 0.2) is 0 Å². The Balaban J connectivity index is 1.75. The number of nitrogens with zero attached hydrogens (tertiary/aromatic N) is 2. The highest BCUT2D eigenvalue weighted by Crippen LogP contribution is 2.25. The van der Waals surface area contributed by atoms with Gasteiger partial charge in [-0.3, -0.25) is 4.90 Å². The molecule has 2 heterocycles. The maximum atomic E-state index is 13.1. The minimum atomic E-state index is -3.47. The van der Waals surface area contributed by atoms with Gasteiger partial charge in [-0.15, -0.1) is 0 Å². The first kappa shape index (κ1) is 18.6. The summed E-state index contributed by atoms with van der Waals surface area (Å²) in [5, 5.41) is 0. The Morgan fingerprint density at radius 1 is 1.16 bits per heavy atom. The van der Waals surface area contributed by atoms with Gasteiger partial charge in [0.1, 0.15) is 5.76 Å². The summed E-state index contributed by atoms with van der Waals surface area (Å²) in [6.07, 6.45) is 3.17. The minimum Gasteiger partial charge on any atom is -0.468 e. The summed E-state index contributed by atoms with van der Waals surface area (Å²) in [5.41, 5.74) is 0.853. The largest absolute Gasteiger partial charge is 0.468 e. The first-order chi connectivity index (χ1) is 12.0. The SMILES string of the molecule is CCc1cc(Br)ccc1S(=O)(=O)N1CCCN(Cc2ccco2)CC1.